The zero-order chi connectivity index (χ0) is 10.6. The first-order chi connectivity index (χ1) is 6.63. The fourth-order valence-corrected chi connectivity index (χ4v) is 0.898. The van der Waals surface area contributed by atoms with Gasteiger partial charge in [-0.2, -0.15) is 0 Å². The highest BCUT2D eigenvalue weighted by Gasteiger charge is 2.05. The van der Waals surface area contributed by atoms with Gasteiger partial charge in [0.15, 0.2) is 5.69 Å². The predicted octanol–water partition coefficient (Wildman–Crippen LogP) is 1.21. The summed E-state index contributed by atoms with van der Waals surface area (Å²) < 4.78 is 0. The molecule has 4 nitrogen and oxygen atoms in total. The van der Waals surface area contributed by atoms with Gasteiger partial charge in [0.1, 0.15) is 5.82 Å². The number of hydrogen-bond acceptors (Lipinski definition) is 3. The van der Waals surface area contributed by atoms with Crippen LogP contribution in [0.5, 0.6) is 0 Å². The molecule has 4 heteroatoms. The maximum Gasteiger partial charge on any atom is 0.354 e. The molecule has 0 saturated carbocycles. The molecule has 0 aliphatic heterocycles. The first kappa shape index (κ1) is 10.1. The van der Waals surface area contributed by atoms with E-state index in [2.05, 4.69) is 16.2 Å². The number of hydrogen-bond donors (Lipinski definition) is 2. The molecule has 0 spiro atoms. The average Bonchev–Trinajstić information content (AvgIpc) is 2.18. The monoisotopic (exact) mass is 190 g/mol. The molecule has 0 bridgehead atoms. The molecule has 1 atom stereocenters. The van der Waals surface area contributed by atoms with Crippen molar-refractivity contribution in [2.75, 3.05) is 5.32 Å². The van der Waals surface area contributed by atoms with Gasteiger partial charge in [0.05, 0.1) is 6.04 Å². The van der Waals surface area contributed by atoms with Crippen LogP contribution in [0.25, 0.3) is 0 Å². The molecule has 0 aromatic carbocycles. The topological polar surface area (TPSA) is 62.2 Å². The molecule has 0 aliphatic carbocycles. The van der Waals surface area contributed by atoms with Crippen LogP contribution in [0.3, 0.4) is 0 Å². The third-order valence-electron chi connectivity index (χ3n) is 1.58. The Morgan fingerprint density at radius 3 is 3.00 bits per heavy atom. The number of nitrogens with one attached hydrogen (secondary N) is 1. The molecular formula is C10H10N2O2. The van der Waals surface area contributed by atoms with Crippen molar-refractivity contribution in [3.05, 3.63) is 23.9 Å². The van der Waals surface area contributed by atoms with Gasteiger partial charge < -0.3 is 10.4 Å². The SMILES string of the molecule is C#CC(C)Nc1cccc(C(=O)O)n1. The minimum Gasteiger partial charge on any atom is -0.477 e. The summed E-state index contributed by atoms with van der Waals surface area (Å²) >= 11 is 0. The van der Waals surface area contributed by atoms with E-state index in [1.807, 2.05) is 0 Å². The van der Waals surface area contributed by atoms with E-state index >= 15 is 0 Å². The van der Waals surface area contributed by atoms with Gasteiger partial charge in [-0.05, 0) is 19.1 Å². The summed E-state index contributed by atoms with van der Waals surface area (Å²) in [6, 6.07) is 4.53. The molecule has 0 fully saturated rings. The number of rotatable bonds is 3. The zero-order valence-corrected chi connectivity index (χ0v) is 7.69. The van der Waals surface area contributed by atoms with Crippen LogP contribution in [0.1, 0.15) is 17.4 Å². The molecule has 1 unspecified atom stereocenters. The first-order valence-electron chi connectivity index (χ1n) is 4.06. The molecule has 0 aliphatic rings. The van der Waals surface area contributed by atoms with E-state index in [0.717, 1.165) is 0 Å². The summed E-state index contributed by atoms with van der Waals surface area (Å²) in [5, 5.41) is 11.5. The molecule has 2 N–H and O–H groups in total. The maximum absolute atomic E-state index is 10.6. The predicted molar refractivity (Wildman–Crippen MR) is 53.1 cm³/mol. The van der Waals surface area contributed by atoms with Gasteiger partial charge in [0.25, 0.3) is 0 Å². The lowest BCUT2D eigenvalue weighted by Crippen LogP contribution is -2.14. The van der Waals surface area contributed by atoms with Crippen LogP contribution < -0.4 is 5.32 Å². The molecule has 0 radical (unpaired) electrons. The maximum atomic E-state index is 10.6. The van der Waals surface area contributed by atoms with Gasteiger partial charge in [-0.25, -0.2) is 9.78 Å². The largest absolute Gasteiger partial charge is 0.477 e. The van der Waals surface area contributed by atoms with Crippen molar-refractivity contribution in [1.29, 1.82) is 0 Å². The lowest BCUT2D eigenvalue weighted by Gasteiger charge is -2.07. The summed E-state index contributed by atoms with van der Waals surface area (Å²) in [4.78, 5) is 14.4. The second kappa shape index (κ2) is 4.28. The molecule has 1 heterocycles. The van der Waals surface area contributed by atoms with Crippen LogP contribution >= 0.6 is 0 Å². The fourth-order valence-electron chi connectivity index (χ4n) is 0.898. The summed E-state index contributed by atoms with van der Waals surface area (Å²) in [6.07, 6.45) is 5.16. The van der Waals surface area contributed by atoms with Crippen LogP contribution in [0.2, 0.25) is 0 Å². The second-order valence-corrected chi connectivity index (χ2v) is 2.75. The standard InChI is InChI=1S/C10H10N2O2/c1-3-7(2)11-9-6-4-5-8(12-9)10(13)14/h1,4-7H,2H3,(H,11,12)(H,13,14). The lowest BCUT2D eigenvalue weighted by atomic mass is 10.3. The van der Waals surface area contributed by atoms with Crippen LogP contribution in [0.15, 0.2) is 18.2 Å². The number of aromatic nitrogens is 1. The van der Waals surface area contributed by atoms with Gasteiger partial charge in [-0.1, -0.05) is 12.0 Å². The van der Waals surface area contributed by atoms with Gasteiger partial charge in [0, 0.05) is 0 Å². The average molecular weight is 190 g/mol. The van der Waals surface area contributed by atoms with Crippen molar-refractivity contribution in [2.24, 2.45) is 0 Å². The number of pyridine rings is 1. The molecule has 0 saturated heterocycles. The molecular weight excluding hydrogens is 180 g/mol. The Labute approximate surface area is 82.0 Å². The fraction of sp³-hybridized carbons (Fsp3) is 0.200. The van der Waals surface area contributed by atoms with E-state index in [1.54, 1.807) is 19.1 Å². The minimum atomic E-state index is -1.05. The van der Waals surface area contributed by atoms with Gasteiger partial charge in [0.2, 0.25) is 0 Å². The Bertz CT molecular complexity index is 382. The zero-order valence-electron chi connectivity index (χ0n) is 7.69. The van der Waals surface area contributed by atoms with Crippen LogP contribution in [-0.2, 0) is 0 Å². The number of carbonyl (C=O) groups is 1. The van der Waals surface area contributed by atoms with Crippen molar-refractivity contribution in [3.63, 3.8) is 0 Å². The minimum absolute atomic E-state index is 0.000721. The van der Waals surface area contributed by atoms with E-state index in [9.17, 15) is 4.79 Å². The number of carboxylic acid groups (broad SMARTS) is 1. The third-order valence-corrected chi connectivity index (χ3v) is 1.58. The van der Waals surface area contributed by atoms with Crippen molar-refractivity contribution in [2.45, 2.75) is 13.0 Å². The first-order valence-corrected chi connectivity index (χ1v) is 4.06. The summed E-state index contributed by atoms with van der Waals surface area (Å²) in [5.41, 5.74) is -0.000721. The van der Waals surface area contributed by atoms with E-state index in [-0.39, 0.29) is 11.7 Å². The van der Waals surface area contributed by atoms with E-state index in [0.29, 0.717) is 5.82 Å². The van der Waals surface area contributed by atoms with E-state index in [4.69, 9.17) is 11.5 Å². The Balaban J connectivity index is 2.85. The number of carboxylic acids is 1. The molecule has 1 aromatic rings. The van der Waals surface area contributed by atoms with E-state index in [1.165, 1.54) is 6.07 Å². The third kappa shape index (κ3) is 2.49. The van der Waals surface area contributed by atoms with E-state index < -0.39 is 5.97 Å². The van der Waals surface area contributed by atoms with Gasteiger partial charge >= 0.3 is 5.97 Å². The Morgan fingerprint density at radius 1 is 1.71 bits per heavy atom. The highest BCUT2D eigenvalue weighted by Crippen LogP contribution is 2.05. The van der Waals surface area contributed by atoms with Crippen molar-refractivity contribution in [3.8, 4) is 12.3 Å². The smallest absolute Gasteiger partial charge is 0.354 e. The van der Waals surface area contributed by atoms with Crippen molar-refractivity contribution >= 4 is 11.8 Å². The molecule has 14 heavy (non-hydrogen) atoms. The quantitative estimate of drug-likeness (QED) is 0.703. The number of terminal acetylenes is 1. The Kier molecular flexibility index (Phi) is 3.08. The number of nitrogens with zero attached hydrogens (tertiary/aromatic N) is 1. The Hall–Kier alpha value is -2.02. The molecule has 72 valence electrons. The summed E-state index contributed by atoms with van der Waals surface area (Å²) in [5.74, 6) is 1.88. The van der Waals surface area contributed by atoms with Gasteiger partial charge in [-0.3, -0.25) is 0 Å². The van der Waals surface area contributed by atoms with Crippen LogP contribution in [0.4, 0.5) is 5.82 Å². The van der Waals surface area contributed by atoms with Crippen LogP contribution in [-0.4, -0.2) is 22.1 Å². The second-order valence-electron chi connectivity index (χ2n) is 2.75. The Morgan fingerprint density at radius 2 is 2.43 bits per heavy atom. The summed E-state index contributed by atoms with van der Waals surface area (Å²) in [6.45, 7) is 1.79. The molecule has 1 rings (SSSR count). The van der Waals surface area contributed by atoms with Gasteiger partial charge in [-0.15, -0.1) is 6.42 Å². The van der Waals surface area contributed by atoms with Crippen molar-refractivity contribution < 1.29 is 9.90 Å². The van der Waals surface area contributed by atoms with Crippen LogP contribution in [0, 0.1) is 12.3 Å². The summed E-state index contributed by atoms with van der Waals surface area (Å²) in [7, 11) is 0. The normalized spacial score (nSPS) is 11.4. The number of anilines is 1. The number of aromatic carboxylic acids is 1. The van der Waals surface area contributed by atoms with Crippen molar-refractivity contribution in [1.82, 2.24) is 4.98 Å². The molecule has 1 aromatic heterocycles. The highest BCUT2D eigenvalue weighted by atomic mass is 16.4. The highest BCUT2D eigenvalue weighted by molar-refractivity contribution is 5.85. The lowest BCUT2D eigenvalue weighted by molar-refractivity contribution is 0.0690. The molecule has 0 amide bonds.